The summed E-state index contributed by atoms with van der Waals surface area (Å²) < 4.78 is 5.72. The lowest BCUT2D eigenvalue weighted by Gasteiger charge is -2.19. The molecule has 0 aliphatic carbocycles. The van der Waals surface area contributed by atoms with Gasteiger partial charge in [-0.25, -0.2) is 0 Å². The fraction of sp³-hybridized carbons (Fsp3) is 0.278. The topological polar surface area (TPSA) is 64.3 Å². The van der Waals surface area contributed by atoms with Gasteiger partial charge >= 0.3 is 0 Å². The number of para-hydroxylation sites is 1. The van der Waals surface area contributed by atoms with E-state index in [1.54, 1.807) is 6.07 Å². The quantitative estimate of drug-likeness (QED) is 0.853. The van der Waals surface area contributed by atoms with Crippen LogP contribution in [-0.4, -0.2) is 18.0 Å². The first-order valence-electron chi connectivity index (χ1n) is 7.28. The van der Waals surface area contributed by atoms with Gasteiger partial charge in [-0.3, -0.25) is 4.79 Å². The Balaban J connectivity index is 0.00000264. The van der Waals surface area contributed by atoms with Gasteiger partial charge in [-0.05, 0) is 32.0 Å². The van der Waals surface area contributed by atoms with Crippen LogP contribution < -0.4 is 15.8 Å². The zero-order chi connectivity index (χ0) is 16.0. The number of carbonyl (C=O) groups excluding carboxylic acids is 1. The summed E-state index contributed by atoms with van der Waals surface area (Å²) in [5.74, 6) is 0.645. The Hall–Kier alpha value is -2.04. The molecule has 0 spiro atoms. The predicted octanol–water partition coefficient (Wildman–Crippen LogP) is 3.15. The van der Waals surface area contributed by atoms with Crippen molar-refractivity contribution in [3.05, 3.63) is 65.7 Å². The number of hydrogen-bond acceptors (Lipinski definition) is 3. The number of halogens is 1. The van der Waals surface area contributed by atoms with E-state index in [4.69, 9.17) is 10.5 Å². The molecule has 2 rings (SSSR count). The van der Waals surface area contributed by atoms with Gasteiger partial charge in [0.15, 0.2) is 0 Å². The first kappa shape index (κ1) is 19.0. The van der Waals surface area contributed by atoms with Gasteiger partial charge < -0.3 is 15.8 Å². The summed E-state index contributed by atoms with van der Waals surface area (Å²) in [6.45, 7) is 4.51. The van der Waals surface area contributed by atoms with Crippen LogP contribution in [0, 0.1) is 0 Å². The van der Waals surface area contributed by atoms with Crippen LogP contribution >= 0.6 is 12.4 Å². The number of ether oxygens (including phenoxy) is 1. The first-order chi connectivity index (χ1) is 10.5. The molecule has 0 aliphatic rings. The number of benzene rings is 2. The van der Waals surface area contributed by atoms with Crippen molar-refractivity contribution < 1.29 is 9.53 Å². The molecule has 0 atom stereocenters. The molecule has 124 valence electrons. The largest absolute Gasteiger partial charge is 0.489 e. The molecule has 23 heavy (non-hydrogen) atoms. The second-order valence-corrected chi connectivity index (χ2v) is 5.93. The number of carbonyl (C=O) groups is 1. The molecule has 5 heteroatoms. The molecule has 4 nitrogen and oxygen atoms in total. The average Bonchev–Trinajstić information content (AvgIpc) is 2.51. The van der Waals surface area contributed by atoms with E-state index in [1.807, 2.05) is 62.4 Å². The van der Waals surface area contributed by atoms with Crippen LogP contribution in [0.5, 0.6) is 5.75 Å². The minimum absolute atomic E-state index is 0. The lowest BCUT2D eigenvalue weighted by Crippen LogP contribution is -2.45. The second kappa shape index (κ2) is 8.56. The molecule has 0 unspecified atom stereocenters. The molecular formula is C18H23ClN2O2. The highest BCUT2D eigenvalue weighted by molar-refractivity contribution is 5.95. The van der Waals surface area contributed by atoms with Gasteiger partial charge in [0.2, 0.25) is 0 Å². The summed E-state index contributed by atoms with van der Waals surface area (Å²) in [7, 11) is 0. The van der Waals surface area contributed by atoms with Crippen molar-refractivity contribution in [3.63, 3.8) is 0 Å². The molecule has 0 aromatic heterocycles. The molecule has 0 radical (unpaired) electrons. The predicted molar refractivity (Wildman–Crippen MR) is 95.1 cm³/mol. The molecule has 2 aromatic carbocycles. The summed E-state index contributed by atoms with van der Waals surface area (Å²) in [4.78, 5) is 12.3. The maximum Gasteiger partial charge on any atom is 0.251 e. The first-order valence-corrected chi connectivity index (χ1v) is 7.28. The van der Waals surface area contributed by atoms with Crippen LogP contribution in [0.4, 0.5) is 0 Å². The van der Waals surface area contributed by atoms with Gasteiger partial charge in [-0.1, -0.05) is 36.4 Å². The monoisotopic (exact) mass is 334 g/mol. The fourth-order valence-electron chi connectivity index (χ4n) is 1.95. The van der Waals surface area contributed by atoms with Crippen LogP contribution in [0.15, 0.2) is 54.6 Å². The van der Waals surface area contributed by atoms with Crippen molar-refractivity contribution in [1.29, 1.82) is 0 Å². The maximum absolute atomic E-state index is 12.3. The van der Waals surface area contributed by atoms with Gasteiger partial charge in [0.05, 0.1) is 0 Å². The number of nitrogens with two attached hydrogens (primary N) is 1. The molecule has 0 saturated heterocycles. The number of rotatable bonds is 6. The zero-order valence-electron chi connectivity index (χ0n) is 13.4. The number of amides is 1. The van der Waals surface area contributed by atoms with Crippen LogP contribution in [0.2, 0.25) is 0 Å². The van der Waals surface area contributed by atoms with E-state index in [0.717, 1.165) is 11.3 Å². The lowest BCUT2D eigenvalue weighted by molar-refractivity contribution is 0.0943. The van der Waals surface area contributed by atoms with E-state index < -0.39 is 5.54 Å². The maximum atomic E-state index is 12.3. The van der Waals surface area contributed by atoms with Crippen molar-refractivity contribution in [3.8, 4) is 5.75 Å². The minimum atomic E-state index is -0.439. The fourth-order valence-corrected chi connectivity index (χ4v) is 1.95. The SMILES string of the molecule is CC(C)(N)CNC(=O)c1ccccc1COc1ccccc1.Cl. The van der Waals surface area contributed by atoms with Crippen molar-refractivity contribution in [2.45, 2.75) is 26.0 Å². The van der Waals surface area contributed by atoms with Gasteiger partial charge in [0, 0.05) is 23.2 Å². The molecule has 0 bridgehead atoms. The Morgan fingerprint density at radius 3 is 2.35 bits per heavy atom. The number of hydrogen-bond donors (Lipinski definition) is 2. The van der Waals surface area contributed by atoms with Crippen LogP contribution in [0.3, 0.4) is 0 Å². The summed E-state index contributed by atoms with van der Waals surface area (Å²) in [6.07, 6.45) is 0. The van der Waals surface area contributed by atoms with Crippen LogP contribution in [0.1, 0.15) is 29.8 Å². The zero-order valence-corrected chi connectivity index (χ0v) is 14.2. The molecule has 2 aromatic rings. The van der Waals surface area contributed by atoms with Crippen molar-refractivity contribution >= 4 is 18.3 Å². The highest BCUT2D eigenvalue weighted by Gasteiger charge is 2.15. The second-order valence-electron chi connectivity index (χ2n) is 5.93. The van der Waals surface area contributed by atoms with Crippen molar-refractivity contribution in [2.24, 2.45) is 5.73 Å². The molecule has 0 aliphatic heterocycles. The third-order valence-corrected chi connectivity index (χ3v) is 3.10. The van der Waals surface area contributed by atoms with Crippen molar-refractivity contribution in [2.75, 3.05) is 6.54 Å². The van der Waals surface area contributed by atoms with Gasteiger partial charge in [0.1, 0.15) is 12.4 Å². The lowest BCUT2D eigenvalue weighted by atomic mass is 10.1. The van der Waals surface area contributed by atoms with E-state index in [2.05, 4.69) is 5.32 Å². The van der Waals surface area contributed by atoms with E-state index in [1.165, 1.54) is 0 Å². The smallest absolute Gasteiger partial charge is 0.251 e. The normalized spacial score (nSPS) is 10.6. The standard InChI is InChI=1S/C18H22N2O2.ClH/c1-18(2,19)13-20-17(21)16-11-7-6-8-14(16)12-22-15-9-4-3-5-10-15;/h3-11H,12-13,19H2,1-2H3,(H,20,21);1H. The average molecular weight is 335 g/mol. The number of nitrogens with one attached hydrogen (secondary N) is 1. The highest BCUT2D eigenvalue weighted by atomic mass is 35.5. The molecule has 3 N–H and O–H groups in total. The van der Waals surface area contributed by atoms with E-state index in [9.17, 15) is 4.79 Å². The molecule has 0 heterocycles. The third kappa shape index (κ3) is 6.30. The van der Waals surface area contributed by atoms with E-state index in [-0.39, 0.29) is 18.3 Å². The summed E-state index contributed by atoms with van der Waals surface area (Å²) >= 11 is 0. The molecule has 0 saturated carbocycles. The van der Waals surface area contributed by atoms with Crippen molar-refractivity contribution in [1.82, 2.24) is 5.32 Å². The van der Waals surface area contributed by atoms with E-state index >= 15 is 0 Å². The Kier molecular flexibility index (Phi) is 7.07. The summed E-state index contributed by atoms with van der Waals surface area (Å²) in [5.41, 5.74) is 6.92. The Morgan fingerprint density at radius 2 is 1.70 bits per heavy atom. The Morgan fingerprint density at radius 1 is 1.09 bits per heavy atom. The molecule has 1 amide bonds. The van der Waals surface area contributed by atoms with Crippen LogP contribution in [-0.2, 0) is 6.61 Å². The third-order valence-electron chi connectivity index (χ3n) is 3.10. The Labute approximate surface area is 143 Å². The van der Waals surface area contributed by atoms with Gasteiger partial charge in [-0.2, -0.15) is 0 Å². The minimum Gasteiger partial charge on any atom is -0.489 e. The van der Waals surface area contributed by atoms with Crippen LogP contribution in [0.25, 0.3) is 0 Å². The molecular weight excluding hydrogens is 312 g/mol. The highest BCUT2D eigenvalue weighted by Crippen LogP contribution is 2.14. The summed E-state index contributed by atoms with van der Waals surface area (Å²) in [6, 6.07) is 17.0. The Bertz CT molecular complexity index is 624. The molecule has 0 fully saturated rings. The van der Waals surface area contributed by atoms with Gasteiger partial charge in [0.25, 0.3) is 5.91 Å². The van der Waals surface area contributed by atoms with E-state index in [0.29, 0.717) is 18.7 Å². The summed E-state index contributed by atoms with van der Waals surface area (Å²) in [5, 5.41) is 2.86. The van der Waals surface area contributed by atoms with Gasteiger partial charge in [-0.15, -0.1) is 12.4 Å².